The van der Waals surface area contributed by atoms with E-state index in [0.29, 0.717) is 0 Å². The van der Waals surface area contributed by atoms with Crippen LogP contribution in [0.5, 0.6) is 5.75 Å². The summed E-state index contributed by atoms with van der Waals surface area (Å²) >= 11 is 0. The Bertz CT molecular complexity index is 543. The van der Waals surface area contributed by atoms with Crippen molar-refractivity contribution in [3.05, 3.63) is 53.6 Å². The van der Waals surface area contributed by atoms with Crippen LogP contribution >= 0.6 is 0 Å². The maximum Gasteiger partial charge on any atom is 0.128 e. The van der Waals surface area contributed by atoms with Crippen LogP contribution in [-0.2, 0) is 0 Å². The Labute approximate surface area is 95.7 Å². The molecule has 0 aromatic heterocycles. The Hall–Kier alpha value is -1.76. The molecule has 0 fully saturated rings. The Morgan fingerprint density at radius 2 is 1.69 bits per heavy atom. The van der Waals surface area contributed by atoms with E-state index in [0.717, 1.165) is 5.75 Å². The van der Waals surface area contributed by atoms with Crippen molar-refractivity contribution in [1.29, 1.82) is 0 Å². The van der Waals surface area contributed by atoms with E-state index < -0.39 is 0 Å². The summed E-state index contributed by atoms with van der Waals surface area (Å²) in [7, 11) is 0. The van der Waals surface area contributed by atoms with Crippen LogP contribution in [0.4, 0.5) is 0 Å². The van der Waals surface area contributed by atoms with Crippen LogP contribution in [0.2, 0.25) is 0 Å². The summed E-state index contributed by atoms with van der Waals surface area (Å²) in [4.78, 5) is 0. The first-order valence-electron chi connectivity index (χ1n) is 5.63. The van der Waals surface area contributed by atoms with Crippen molar-refractivity contribution in [3.8, 4) is 16.9 Å². The predicted octanol–water partition coefficient (Wildman–Crippen LogP) is 4.12. The van der Waals surface area contributed by atoms with E-state index in [9.17, 15) is 0 Å². The molecule has 3 rings (SSSR count). The lowest BCUT2D eigenvalue weighted by atomic mass is 9.90. The van der Waals surface area contributed by atoms with Gasteiger partial charge in [0, 0.05) is 11.1 Å². The number of ether oxygens (including phenoxy) is 1. The highest BCUT2D eigenvalue weighted by Crippen LogP contribution is 2.42. The number of rotatable bonds is 0. The van der Waals surface area contributed by atoms with Gasteiger partial charge in [-0.05, 0) is 31.0 Å². The molecule has 80 valence electrons. The lowest BCUT2D eigenvalue weighted by Crippen LogP contribution is -2.12. The van der Waals surface area contributed by atoms with Crippen LogP contribution in [0.3, 0.4) is 0 Å². The molecule has 1 aliphatic rings. The Morgan fingerprint density at radius 3 is 2.56 bits per heavy atom. The molecule has 0 radical (unpaired) electrons. The van der Waals surface area contributed by atoms with Gasteiger partial charge >= 0.3 is 0 Å². The van der Waals surface area contributed by atoms with E-state index in [1.165, 1.54) is 22.3 Å². The van der Waals surface area contributed by atoms with Gasteiger partial charge in [-0.3, -0.25) is 0 Å². The summed E-state index contributed by atoms with van der Waals surface area (Å²) in [5.41, 5.74) is 5.15. The smallest absolute Gasteiger partial charge is 0.128 e. The van der Waals surface area contributed by atoms with Crippen LogP contribution < -0.4 is 4.74 Å². The molecule has 16 heavy (non-hydrogen) atoms. The molecule has 0 aliphatic carbocycles. The molecule has 0 bridgehead atoms. The van der Waals surface area contributed by atoms with Crippen LogP contribution in [0.1, 0.15) is 24.2 Å². The number of hydrogen-bond donors (Lipinski definition) is 0. The number of hydrogen-bond acceptors (Lipinski definition) is 1. The third kappa shape index (κ3) is 1.25. The van der Waals surface area contributed by atoms with E-state index in [2.05, 4.69) is 44.2 Å². The number of fused-ring (bicyclic) bond motifs is 3. The summed E-state index contributed by atoms with van der Waals surface area (Å²) in [6, 6.07) is 14.7. The standard InChI is InChI=1S/C15H14O/c1-10-6-5-8-13-12-7-3-4-9-14(12)16-11(2)15(10)13/h3-9,11H,1-2H3. The molecular weight excluding hydrogens is 196 g/mol. The van der Waals surface area contributed by atoms with Crippen molar-refractivity contribution in [2.75, 3.05) is 0 Å². The normalized spacial score (nSPS) is 17.2. The first-order chi connectivity index (χ1) is 7.77. The van der Waals surface area contributed by atoms with Crippen molar-refractivity contribution < 1.29 is 4.74 Å². The minimum Gasteiger partial charge on any atom is -0.485 e. The van der Waals surface area contributed by atoms with Gasteiger partial charge in [-0.25, -0.2) is 0 Å². The molecule has 1 unspecified atom stereocenters. The Morgan fingerprint density at radius 1 is 0.938 bits per heavy atom. The van der Waals surface area contributed by atoms with Crippen LogP contribution in [0.25, 0.3) is 11.1 Å². The van der Waals surface area contributed by atoms with Crippen molar-refractivity contribution in [1.82, 2.24) is 0 Å². The molecule has 1 heteroatoms. The Kier molecular flexibility index (Phi) is 2.00. The van der Waals surface area contributed by atoms with E-state index >= 15 is 0 Å². The number of para-hydroxylation sites is 1. The summed E-state index contributed by atoms with van der Waals surface area (Å²) in [5, 5.41) is 0. The van der Waals surface area contributed by atoms with Crippen molar-refractivity contribution >= 4 is 0 Å². The van der Waals surface area contributed by atoms with Crippen LogP contribution in [-0.4, -0.2) is 0 Å². The average Bonchev–Trinajstić information content (AvgIpc) is 2.29. The highest BCUT2D eigenvalue weighted by atomic mass is 16.5. The lowest BCUT2D eigenvalue weighted by molar-refractivity contribution is 0.222. The molecule has 0 N–H and O–H groups in total. The zero-order valence-corrected chi connectivity index (χ0v) is 9.53. The third-order valence-electron chi connectivity index (χ3n) is 3.21. The van der Waals surface area contributed by atoms with Gasteiger partial charge in [0.2, 0.25) is 0 Å². The maximum atomic E-state index is 5.94. The topological polar surface area (TPSA) is 9.23 Å². The first kappa shape index (κ1) is 9.46. The Balaban J connectivity index is 2.33. The second-order valence-corrected chi connectivity index (χ2v) is 4.29. The van der Waals surface area contributed by atoms with Crippen LogP contribution in [0, 0.1) is 6.92 Å². The summed E-state index contributed by atoms with van der Waals surface area (Å²) in [6.45, 7) is 4.26. The van der Waals surface area contributed by atoms with E-state index in [1.54, 1.807) is 0 Å². The third-order valence-corrected chi connectivity index (χ3v) is 3.21. The van der Waals surface area contributed by atoms with Gasteiger partial charge < -0.3 is 4.74 Å². The highest BCUT2D eigenvalue weighted by Gasteiger charge is 2.23. The van der Waals surface area contributed by atoms with Crippen LogP contribution in [0.15, 0.2) is 42.5 Å². The minimum absolute atomic E-state index is 0.145. The molecule has 1 nitrogen and oxygen atoms in total. The second kappa shape index (κ2) is 3.38. The average molecular weight is 210 g/mol. The monoisotopic (exact) mass is 210 g/mol. The first-order valence-corrected chi connectivity index (χ1v) is 5.63. The summed E-state index contributed by atoms with van der Waals surface area (Å²) in [6.07, 6.45) is 0.145. The molecule has 0 saturated carbocycles. The van der Waals surface area contributed by atoms with Gasteiger partial charge in [0.05, 0.1) is 0 Å². The molecule has 1 aliphatic heterocycles. The quantitative estimate of drug-likeness (QED) is 0.635. The fourth-order valence-corrected chi connectivity index (χ4v) is 2.50. The molecule has 0 saturated heterocycles. The summed E-state index contributed by atoms with van der Waals surface area (Å²) < 4.78 is 5.94. The van der Waals surface area contributed by atoms with Crippen molar-refractivity contribution in [2.45, 2.75) is 20.0 Å². The zero-order valence-electron chi connectivity index (χ0n) is 9.53. The molecule has 1 atom stereocenters. The SMILES string of the molecule is Cc1cccc2c1C(C)Oc1ccccc1-2. The maximum absolute atomic E-state index is 5.94. The molecule has 2 aromatic rings. The highest BCUT2D eigenvalue weighted by molar-refractivity contribution is 5.76. The fraction of sp³-hybridized carbons (Fsp3) is 0.200. The molecule has 1 heterocycles. The molecule has 2 aromatic carbocycles. The van der Waals surface area contributed by atoms with E-state index in [4.69, 9.17) is 4.74 Å². The molecular formula is C15H14O. The lowest BCUT2D eigenvalue weighted by Gasteiger charge is -2.27. The fourth-order valence-electron chi connectivity index (χ4n) is 2.50. The predicted molar refractivity (Wildman–Crippen MR) is 65.7 cm³/mol. The zero-order chi connectivity index (χ0) is 11.1. The van der Waals surface area contributed by atoms with Gasteiger partial charge in [0.15, 0.2) is 0 Å². The van der Waals surface area contributed by atoms with Gasteiger partial charge in [-0.1, -0.05) is 36.4 Å². The molecule has 0 amide bonds. The second-order valence-electron chi connectivity index (χ2n) is 4.29. The van der Waals surface area contributed by atoms with Gasteiger partial charge in [-0.15, -0.1) is 0 Å². The van der Waals surface area contributed by atoms with Gasteiger partial charge in [0.25, 0.3) is 0 Å². The number of aryl methyl sites for hydroxylation is 1. The van der Waals surface area contributed by atoms with E-state index in [1.807, 2.05) is 12.1 Å². The van der Waals surface area contributed by atoms with E-state index in [-0.39, 0.29) is 6.10 Å². The van der Waals surface area contributed by atoms with Crippen molar-refractivity contribution in [2.24, 2.45) is 0 Å². The minimum atomic E-state index is 0.145. The van der Waals surface area contributed by atoms with Gasteiger partial charge in [-0.2, -0.15) is 0 Å². The summed E-state index contributed by atoms with van der Waals surface area (Å²) in [5.74, 6) is 0.994. The van der Waals surface area contributed by atoms with Gasteiger partial charge in [0.1, 0.15) is 11.9 Å². The number of benzene rings is 2. The largest absolute Gasteiger partial charge is 0.485 e. The van der Waals surface area contributed by atoms with Crippen molar-refractivity contribution in [3.63, 3.8) is 0 Å². The molecule has 0 spiro atoms.